The second-order valence-corrected chi connectivity index (χ2v) is 6.23. The van der Waals surface area contributed by atoms with Crippen LogP contribution in [0, 0.1) is 5.92 Å². The molecule has 0 bridgehead atoms. The van der Waals surface area contributed by atoms with E-state index in [1.54, 1.807) is 0 Å². The van der Waals surface area contributed by atoms with E-state index in [1.165, 1.54) is 42.6 Å². The summed E-state index contributed by atoms with van der Waals surface area (Å²) in [5, 5.41) is 3.33. The Labute approximate surface area is 120 Å². The minimum Gasteiger partial charge on any atom is -0.335 e. The molecule has 0 aromatic heterocycles. The zero-order valence-electron chi connectivity index (χ0n) is 11.8. The van der Waals surface area contributed by atoms with Crippen molar-refractivity contribution in [1.29, 1.82) is 0 Å². The molecule has 2 atom stereocenters. The molecule has 1 aliphatic heterocycles. The number of rotatable bonds is 1. The molecule has 0 amide bonds. The summed E-state index contributed by atoms with van der Waals surface area (Å²) < 4.78 is 0. The fraction of sp³-hybridized carbons (Fsp3) is 0.529. The van der Waals surface area contributed by atoms with E-state index in [-0.39, 0.29) is 0 Å². The van der Waals surface area contributed by atoms with Crippen LogP contribution >= 0.6 is 0 Å². The maximum atomic E-state index is 5.05. The largest absolute Gasteiger partial charge is 0.335 e. The van der Waals surface area contributed by atoms with E-state index in [0.29, 0.717) is 18.0 Å². The summed E-state index contributed by atoms with van der Waals surface area (Å²) >= 11 is 0. The first-order valence-corrected chi connectivity index (χ1v) is 7.83. The second kappa shape index (κ2) is 5.04. The number of aliphatic imine (C=N–C) groups is 2. The van der Waals surface area contributed by atoms with Gasteiger partial charge in [0.05, 0.1) is 18.4 Å². The lowest BCUT2D eigenvalue weighted by atomic mass is 9.83. The van der Waals surface area contributed by atoms with Crippen molar-refractivity contribution in [2.75, 3.05) is 0 Å². The summed E-state index contributed by atoms with van der Waals surface area (Å²) in [5.41, 5.74) is 2.96. The molecule has 1 aromatic rings. The van der Waals surface area contributed by atoms with Crippen LogP contribution in [-0.4, -0.2) is 24.3 Å². The van der Waals surface area contributed by atoms with Crippen molar-refractivity contribution in [2.45, 2.75) is 50.6 Å². The van der Waals surface area contributed by atoms with Crippen LogP contribution in [0.25, 0.3) is 0 Å². The van der Waals surface area contributed by atoms with Crippen LogP contribution < -0.4 is 5.32 Å². The van der Waals surface area contributed by atoms with E-state index in [9.17, 15) is 0 Å². The highest BCUT2D eigenvalue weighted by Gasteiger charge is 2.32. The van der Waals surface area contributed by atoms with Crippen LogP contribution in [0.3, 0.4) is 0 Å². The van der Waals surface area contributed by atoms with E-state index in [4.69, 9.17) is 4.99 Å². The minimum atomic E-state index is 0.420. The van der Waals surface area contributed by atoms with Gasteiger partial charge in [-0.1, -0.05) is 37.1 Å². The van der Waals surface area contributed by atoms with E-state index >= 15 is 0 Å². The van der Waals surface area contributed by atoms with Gasteiger partial charge in [-0.05, 0) is 36.8 Å². The maximum Gasteiger partial charge on any atom is 0.107 e. The highest BCUT2D eigenvalue weighted by molar-refractivity contribution is 5.96. The van der Waals surface area contributed by atoms with E-state index < -0.39 is 0 Å². The third kappa shape index (κ3) is 2.15. The monoisotopic (exact) mass is 267 g/mol. The normalized spacial score (nSPS) is 30.9. The molecule has 1 saturated carbocycles. The van der Waals surface area contributed by atoms with Crippen LogP contribution in [0.15, 0.2) is 34.3 Å². The van der Waals surface area contributed by atoms with Crippen molar-refractivity contribution in [3.05, 3.63) is 35.4 Å². The summed E-state index contributed by atoms with van der Waals surface area (Å²) in [6.45, 7) is 0. The molecule has 104 valence electrons. The number of nitrogens with one attached hydrogen (secondary N) is 1. The van der Waals surface area contributed by atoms with Gasteiger partial charge in [0, 0.05) is 5.92 Å². The Morgan fingerprint density at radius 2 is 1.80 bits per heavy atom. The van der Waals surface area contributed by atoms with Gasteiger partial charge in [0.25, 0.3) is 0 Å². The van der Waals surface area contributed by atoms with E-state index in [1.807, 2.05) is 6.34 Å². The summed E-state index contributed by atoms with van der Waals surface area (Å²) in [6, 6.07) is 9.66. The molecule has 3 heteroatoms. The summed E-state index contributed by atoms with van der Waals surface area (Å²) in [4.78, 5) is 9.65. The van der Waals surface area contributed by atoms with Gasteiger partial charge in [0.1, 0.15) is 5.84 Å². The molecule has 1 N–H and O–H groups in total. The molecule has 2 aliphatic carbocycles. The lowest BCUT2D eigenvalue weighted by Crippen LogP contribution is -2.43. The lowest BCUT2D eigenvalue weighted by molar-refractivity contribution is 0.372. The first-order chi connectivity index (χ1) is 9.90. The third-order valence-corrected chi connectivity index (χ3v) is 4.91. The zero-order valence-corrected chi connectivity index (χ0v) is 11.8. The van der Waals surface area contributed by atoms with Crippen molar-refractivity contribution in [3.8, 4) is 0 Å². The predicted octanol–water partition coefficient (Wildman–Crippen LogP) is 2.74. The SMILES string of the molecule is C1=NC2CCCCC2C(=NC2Cc3ccccc3C2)N1. The van der Waals surface area contributed by atoms with Crippen LogP contribution in [0.2, 0.25) is 0 Å². The zero-order chi connectivity index (χ0) is 13.4. The third-order valence-electron chi connectivity index (χ3n) is 4.91. The number of fused-ring (bicyclic) bond motifs is 2. The van der Waals surface area contributed by atoms with Gasteiger partial charge in [-0.3, -0.25) is 9.98 Å². The minimum absolute atomic E-state index is 0.420. The first-order valence-electron chi connectivity index (χ1n) is 7.83. The van der Waals surface area contributed by atoms with Gasteiger partial charge in [-0.25, -0.2) is 0 Å². The maximum absolute atomic E-state index is 5.05. The van der Waals surface area contributed by atoms with E-state index in [0.717, 1.165) is 12.8 Å². The van der Waals surface area contributed by atoms with Crippen molar-refractivity contribution < 1.29 is 0 Å². The quantitative estimate of drug-likeness (QED) is 0.834. The molecule has 0 radical (unpaired) electrons. The molecule has 3 aliphatic rings. The summed E-state index contributed by atoms with van der Waals surface area (Å²) in [5.74, 6) is 1.74. The molecule has 20 heavy (non-hydrogen) atoms. The molecule has 3 nitrogen and oxygen atoms in total. The lowest BCUT2D eigenvalue weighted by Gasteiger charge is -2.33. The fourth-order valence-corrected chi connectivity index (χ4v) is 3.87. The molecule has 1 heterocycles. The molecule has 1 aromatic carbocycles. The van der Waals surface area contributed by atoms with Gasteiger partial charge in [0.2, 0.25) is 0 Å². The molecule has 0 spiro atoms. The van der Waals surface area contributed by atoms with Crippen molar-refractivity contribution in [2.24, 2.45) is 15.9 Å². The Bertz CT molecular complexity index is 536. The fourth-order valence-electron chi connectivity index (χ4n) is 3.87. The first kappa shape index (κ1) is 12.1. The van der Waals surface area contributed by atoms with Gasteiger partial charge >= 0.3 is 0 Å². The Morgan fingerprint density at radius 3 is 2.60 bits per heavy atom. The summed E-state index contributed by atoms with van der Waals surface area (Å²) in [6.07, 6.45) is 9.17. The van der Waals surface area contributed by atoms with Gasteiger partial charge in [0.15, 0.2) is 0 Å². The molecule has 2 unspecified atom stereocenters. The number of benzene rings is 1. The number of hydrogen-bond acceptors (Lipinski definition) is 2. The molecular weight excluding hydrogens is 246 g/mol. The van der Waals surface area contributed by atoms with Gasteiger partial charge in [-0.15, -0.1) is 0 Å². The van der Waals surface area contributed by atoms with Crippen LogP contribution in [0.4, 0.5) is 0 Å². The average Bonchev–Trinajstić information content (AvgIpc) is 2.90. The predicted molar refractivity (Wildman–Crippen MR) is 82.4 cm³/mol. The topological polar surface area (TPSA) is 36.8 Å². The Kier molecular flexibility index (Phi) is 3.06. The van der Waals surface area contributed by atoms with Crippen molar-refractivity contribution in [1.82, 2.24) is 5.32 Å². The Balaban J connectivity index is 1.54. The van der Waals surface area contributed by atoms with Crippen LogP contribution in [-0.2, 0) is 12.8 Å². The number of nitrogens with zero attached hydrogens (tertiary/aromatic N) is 2. The van der Waals surface area contributed by atoms with Crippen molar-refractivity contribution >= 4 is 12.2 Å². The number of amidine groups is 1. The molecule has 0 saturated heterocycles. The van der Waals surface area contributed by atoms with Gasteiger partial charge < -0.3 is 5.32 Å². The van der Waals surface area contributed by atoms with Crippen molar-refractivity contribution in [3.63, 3.8) is 0 Å². The van der Waals surface area contributed by atoms with Crippen LogP contribution in [0.1, 0.15) is 36.8 Å². The Hall–Kier alpha value is -1.64. The molecular formula is C17H21N3. The standard InChI is InChI=1S/C17H21N3/c1-2-6-13-10-14(9-12(13)5-1)20-17-15-7-3-4-8-16(15)18-11-19-17/h1-2,5-6,11,14-16H,3-4,7-10H2,(H,18,19,20). The highest BCUT2D eigenvalue weighted by Crippen LogP contribution is 2.30. The second-order valence-electron chi connectivity index (χ2n) is 6.23. The Morgan fingerprint density at radius 1 is 1.05 bits per heavy atom. The summed E-state index contributed by atoms with van der Waals surface area (Å²) in [7, 11) is 0. The average molecular weight is 267 g/mol. The number of hydrogen-bond donors (Lipinski definition) is 1. The smallest absolute Gasteiger partial charge is 0.107 e. The van der Waals surface area contributed by atoms with Gasteiger partial charge in [-0.2, -0.15) is 0 Å². The van der Waals surface area contributed by atoms with Crippen LogP contribution in [0.5, 0.6) is 0 Å². The molecule has 1 fully saturated rings. The molecule has 4 rings (SSSR count). The highest BCUT2D eigenvalue weighted by atomic mass is 15.1. The van der Waals surface area contributed by atoms with E-state index in [2.05, 4.69) is 34.6 Å².